The fraction of sp³-hybridized carbons (Fsp3) is 1.00. The normalized spacial score (nSPS) is 13.9. The predicted octanol–water partition coefficient (Wildman–Crippen LogP) is 3.06. The molecule has 1 atom stereocenters. The minimum Gasteiger partial charge on any atom is -0.278 e. The van der Waals surface area contributed by atoms with Crippen molar-refractivity contribution in [1.82, 2.24) is 0 Å². The van der Waals surface area contributed by atoms with Crippen molar-refractivity contribution in [2.45, 2.75) is 40.0 Å². The molecule has 2 N–H and O–H groups in total. The second-order valence-electron chi connectivity index (χ2n) is 3.45. The van der Waals surface area contributed by atoms with Gasteiger partial charge in [-0.05, 0) is 18.3 Å². The zero-order valence-electron chi connectivity index (χ0n) is 7.97. The van der Waals surface area contributed by atoms with Crippen LogP contribution < -0.4 is 5.14 Å². The Hall–Kier alpha value is 0.310. The number of hydrogen-bond donors (Lipinski definition) is 1. The third-order valence-electron chi connectivity index (χ3n) is 2.21. The predicted molar refractivity (Wildman–Crippen MR) is 54.5 cm³/mol. The van der Waals surface area contributed by atoms with E-state index in [1.165, 1.54) is 31.2 Å². The van der Waals surface area contributed by atoms with Gasteiger partial charge >= 0.3 is 0 Å². The molecule has 0 heterocycles. The first-order valence-electron chi connectivity index (χ1n) is 4.54. The van der Waals surface area contributed by atoms with Crippen molar-refractivity contribution in [2.24, 2.45) is 17.0 Å². The van der Waals surface area contributed by atoms with Gasteiger partial charge in [-0.1, -0.05) is 45.6 Å². The van der Waals surface area contributed by atoms with Gasteiger partial charge in [-0.3, -0.25) is 5.14 Å². The molecule has 0 amide bonds. The van der Waals surface area contributed by atoms with Crippen LogP contribution in [-0.2, 0) is 0 Å². The maximum Gasteiger partial charge on any atom is 0.00791 e. The molecule has 0 spiro atoms. The Bertz CT molecular complexity index is 83.6. The zero-order chi connectivity index (χ0) is 8.69. The lowest BCUT2D eigenvalue weighted by atomic mass is 9.89. The molecule has 11 heavy (non-hydrogen) atoms. The van der Waals surface area contributed by atoms with E-state index in [-0.39, 0.29) is 0 Å². The molecule has 0 unspecified atom stereocenters. The fourth-order valence-corrected chi connectivity index (χ4v) is 1.84. The van der Waals surface area contributed by atoms with Crippen LogP contribution in [0.1, 0.15) is 40.0 Å². The van der Waals surface area contributed by atoms with Crippen LogP contribution in [0.2, 0.25) is 0 Å². The van der Waals surface area contributed by atoms with Crippen molar-refractivity contribution in [3.05, 3.63) is 0 Å². The van der Waals surface area contributed by atoms with E-state index in [9.17, 15) is 0 Å². The Morgan fingerprint density at radius 3 is 2.27 bits per heavy atom. The second kappa shape index (κ2) is 6.99. The summed E-state index contributed by atoms with van der Waals surface area (Å²) in [6, 6.07) is 0. The molecule has 0 saturated carbocycles. The van der Waals surface area contributed by atoms with Gasteiger partial charge in [0.05, 0.1) is 0 Å². The Labute approximate surface area is 75.3 Å². The van der Waals surface area contributed by atoms with Crippen molar-refractivity contribution in [1.29, 1.82) is 0 Å². The highest BCUT2D eigenvalue weighted by Gasteiger charge is 2.10. The third-order valence-corrected chi connectivity index (χ3v) is 2.68. The van der Waals surface area contributed by atoms with E-state index in [1.807, 2.05) is 0 Å². The summed E-state index contributed by atoms with van der Waals surface area (Å²) < 4.78 is 0. The van der Waals surface area contributed by atoms with Gasteiger partial charge in [0.25, 0.3) is 0 Å². The topological polar surface area (TPSA) is 26.0 Å². The SMILES string of the molecule is CCC[C@@H](CCSN)C(C)C. The molecular formula is C9H21NS. The van der Waals surface area contributed by atoms with Crippen LogP contribution in [0.25, 0.3) is 0 Å². The summed E-state index contributed by atoms with van der Waals surface area (Å²) in [5, 5.41) is 5.39. The van der Waals surface area contributed by atoms with E-state index < -0.39 is 0 Å². The summed E-state index contributed by atoms with van der Waals surface area (Å²) in [6.45, 7) is 6.87. The lowest BCUT2D eigenvalue weighted by Crippen LogP contribution is -2.09. The monoisotopic (exact) mass is 175 g/mol. The first kappa shape index (κ1) is 11.3. The molecule has 0 aliphatic carbocycles. The van der Waals surface area contributed by atoms with Crippen LogP contribution in [0.5, 0.6) is 0 Å². The van der Waals surface area contributed by atoms with Crippen LogP contribution in [-0.4, -0.2) is 5.75 Å². The first-order chi connectivity index (χ1) is 5.22. The maximum atomic E-state index is 5.39. The Morgan fingerprint density at radius 2 is 1.91 bits per heavy atom. The summed E-state index contributed by atoms with van der Waals surface area (Å²) in [7, 11) is 0. The smallest absolute Gasteiger partial charge is 0.00791 e. The maximum absolute atomic E-state index is 5.39. The molecule has 0 radical (unpaired) electrons. The van der Waals surface area contributed by atoms with Crippen LogP contribution >= 0.6 is 11.9 Å². The Kier molecular flexibility index (Phi) is 7.18. The average molecular weight is 175 g/mol. The third kappa shape index (κ3) is 5.57. The van der Waals surface area contributed by atoms with E-state index in [1.54, 1.807) is 0 Å². The number of hydrogen-bond acceptors (Lipinski definition) is 2. The van der Waals surface area contributed by atoms with Crippen LogP contribution in [0.4, 0.5) is 0 Å². The molecule has 0 saturated heterocycles. The van der Waals surface area contributed by atoms with Gasteiger partial charge in [-0.2, -0.15) is 0 Å². The lowest BCUT2D eigenvalue weighted by molar-refractivity contribution is 0.348. The molecule has 68 valence electrons. The van der Waals surface area contributed by atoms with E-state index in [0.29, 0.717) is 0 Å². The highest BCUT2D eigenvalue weighted by Crippen LogP contribution is 2.21. The molecule has 0 aromatic carbocycles. The second-order valence-corrected chi connectivity index (χ2v) is 4.19. The molecule has 2 heteroatoms. The summed E-state index contributed by atoms with van der Waals surface area (Å²) in [6.07, 6.45) is 3.95. The van der Waals surface area contributed by atoms with Gasteiger partial charge in [0.15, 0.2) is 0 Å². The average Bonchev–Trinajstić information content (AvgIpc) is 1.97. The van der Waals surface area contributed by atoms with Crippen LogP contribution in [0, 0.1) is 11.8 Å². The number of nitrogens with two attached hydrogens (primary N) is 1. The van der Waals surface area contributed by atoms with Crippen LogP contribution in [0.3, 0.4) is 0 Å². The van der Waals surface area contributed by atoms with E-state index in [2.05, 4.69) is 20.8 Å². The van der Waals surface area contributed by atoms with Crippen molar-refractivity contribution < 1.29 is 0 Å². The molecular weight excluding hydrogens is 154 g/mol. The van der Waals surface area contributed by atoms with Crippen molar-refractivity contribution in [3.63, 3.8) is 0 Å². The molecule has 0 aliphatic rings. The lowest BCUT2D eigenvalue weighted by Gasteiger charge is -2.19. The van der Waals surface area contributed by atoms with Gasteiger partial charge in [-0.25, -0.2) is 0 Å². The summed E-state index contributed by atoms with van der Waals surface area (Å²) >= 11 is 1.47. The van der Waals surface area contributed by atoms with Gasteiger partial charge in [0.1, 0.15) is 0 Å². The molecule has 0 bridgehead atoms. The Balaban J connectivity index is 3.51. The standard InChI is InChI=1S/C9H21NS/c1-4-5-9(8(2)3)6-7-11-10/h8-9H,4-7,10H2,1-3H3/t9-/m0/s1. The molecule has 0 fully saturated rings. The van der Waals surface area contributed by atoms with Gasteiger partial charge in [0, 0.05) is 5.75 Å². The van der Waals surface area contributed by atoms with Crippen LogP contribution in [0.15, 0.2) is 0 Å². The highest BCUT2D eigenvalue weighted by molar-refractivity contribution is 7.97. The molecule has 0 rings (SSSR count). The minimum atomic E-state index is 0.821. The molecule has 0 aromatic heterocycles. The Morgan fingerprint density at radius 1 is 1.27 bits per heavy atom. The minimum absolute atomic E-state index is 0.821. The summed E-state index contributed by atoms with van der Waals surface area (Å²) in [5.74, 6) is 2.82. The molecule has 0 aromatic rings. The van der Waals surface area contributed by atoms with Gasteiger partial charge < -0.3 is 0 Å². The van der Waals surface area contributed by atoms with Gasteiger partial charge in [0.2, 0.25) is 0 Å². The zero-order valence-corrected chi connectivity index (χ0v) is 8.79. The summed E-state index contributed by atoms with van der Waals surface area (Å²) in [5.41, 5.74) is 0. The molecule has 1 nitrogen and oxygen atoms in total. The van der Waals surface area contributed by atoms with Gasteiger partial charge in [-0.15, -0.1) is 0 Å². The largest absolute Gasteiger partial charge is 0.278 e. The van der Waals surface area contributed by atoms with E-state index in [0.717, 1.165) is 17.6 Å². The first-order valence-corrected chi connectivity index (χ1v) is 5.58. The van der Waals surface area contributed by atoms with Crippen molar-refractivity contribution >= 4 is 11.9 Å². The van der Waals surface area contributed by atoms with Crippen molar-refractivity contribution in [2.75, 3.05) is 5.75 Å². The van der Waals surface area contributed by atoms with Crippen molar-refractivity contribution in [3.8, 4) is 0 Å². The van der Waals surface area contributed by atoms with E-state index in [4.69, 9.17) is 5.14 Å². The quantitative estimate of drug-likeness (QED) is 0.628. The molecule has 0 aliphatic heterocycles. The summed E-state index contributed by atoms with van der Waals surface area (Å²) in [4.78, 5) is 0. The fourth-order valence-electron chi connectivity index (χ4n) is 1.40. The van der Waals surface area contributed by atoms with E-state index >= 15 is 0 Å². The highest BCUT2D eigenvalue weighted by atomic mass is 32.2. The number of rotatable bonds is 6.